The van der Waals surface area contributed by atoms with Gasteiger partial charge in [-0.3, -0.25) is 14.6 Å². The van der Waals surface area contributed by atoms with Gasteiger partial charge in [-0.1, -0.05) is 6.92 Å². The van der Waals surface area contributed by atoms with E-state index in [1.165, 1.54) is 6.07 Å². The zero-order valence-electron chi connectivity index (χ0n) is 14.3. The summed E-state index contributed by atoms with van der Waals surface area (Å²) in [6.07, 6.45) is 2.48. The SMILES string of the molecule is Cc1nc(C)c(Cc2cc(=O)[nH]c(N3CCC(C)CC3)n2)c(=O)[nH]1. The van der Waals surface area contributed by atoms with Gasteiger partial charge < -0.3 is 9.88 Å². The largest absolute Gasteiger partial charge is 0.342 e. The minimum absolute atomic E-state index is 0.171. The first-order valence-electron chi connectivity index (χ1n) is 8.34. The van der Waals surface area contributed by atoms with Crippen LogP contribution in [0.15, 0.2) is 15.7 Å². The summed E-state index contributed by atoms with van der Waals surface area (Å²) in [6.45, 7) is 7.57. The number of aryl methyl sites for hydroxylation is 2. The Labute approximate surface area is 140 Å². The lowest BCUT2D eigenvalue weighted by molar-refractivity contribution is 0.434. The Hall–Kier alpha value is -2.44. The fourth-order valence-electron chi connectivity index (χ4n) is 3.09. The second-order valence-electron chi connectivity index (χ2n) is 6.62. The van der Waals surface area contributed by atoms with Gasteiger partial charge in [0.15, 0.2) is 0 Å². The zero-order chi connectivity index (χ0) is 17.3. The third kappa shape index (κ3) is 3.55. The van der Waals surface area contributed by atoms with Crippen molar-refractivity contribution in [1.29, 1.82) is 0 Å². The molecule has 1 aliphatic rings. The highest BCUT2D eigenvalue weighted by Crippen LogP contribution is 2.19. The van der Waals surface area contributed by atoms with Crippen LogP contribution in [0.3, 0.4) is 0 Å². The van der Waals surface area contributed by atoms with Crippen molar-refractivity contribution in [3.05, 3.63) is 49.5 Å². The standard InChI is InChI=1S/C17H23N5O2/c1-10-4-6-22(7-5-10)17-20-13(9-15(23)21-17)8-14-11(2)18-12(3)19-16(14)24/h9-10H,4-8H2,1-3H3,(H,18,19,24)(H,20,21,23). The lowest BCUT2D eigenvalue weighted by Gasteiger charge is -2.30. The van der Waals surface area contributed by atoms with Crippen molar-refractivity contribution in [1.82, 2.24) is 19.9 Å². The summed E-state index contributed by atoms with van der Waals surface area (Å²) in [5.74, 6) is 1.89. The molecule has 0 spiro atoms. The summed E-state index contributed by atoms with van der Waals surface area (Å²) in [4.78, 5) is 40.7. The van der Waals surface area contributed by atoms with E-state index in [-0.39, 0.29) is 11.1 Å². The normalized spacial score (nSPS) is 15.7. The third-order valence-electron chi connectivity index (χ3n) is 4.56. The Morgan fingerprint density at radius 2 is 1.88 bits per heavy atom. The topological polar surface area (TPSA) is 94.7 Å². The summed E-state index contributed by atoms with van der Waals surface area (Å²) >= 11 is 0. The number of nitrogens with one attached hydrogen (secondary N) is 2. The summed E-state index contributed by atoms with van der Waals surface area (Å²) in [5.41, 5.74) is 1.45. The molecule has 0 radical (unpaired) electrons. The molecule has 3 rings (SSSR count). The molecule has 2 aromatic heterocycles. The predicted molar refractivity (Wildman–Crippen MR) is 92.6 cm³/mol. The average molecular weight is 329 g/mol. The van der Waals surface area contributed by atoms with E-state index in [2.05, 4.69) is 31.8 Å². The molecule has 2 N–H and O–H groups in total. The van der Waals surface area contributed by atoms with Gasteiger partial charge in [0.25, 0.3) is 11.1 Å². The Morgan fingerprint density at radius 1 is 1.17 bits per heavy atom. The first-order valence-corrected chi connectivity index (χ1v) is 8.34. The van der Waals surface area contributed by atoms with Crippen LogP contribution in [0.25, 0.3) is 0 Å². The molecule has 2 aromatic rings. The number of piperidine rings is 1. The van der Waals surface area contributed by atoms with E-state index in [9.17, 15) is 9.59 Å². The van der Waals surface area contributed by atoms with Gasteiger partial charge in [0, 0.05) is 36.8 Å². The number of aromatic amines is 2. The molecular weight excluding hydrogens is 306 g/mol. The van der Waals surface area contributed by atoms with Gasteiger partial charge in [-0.05, 0) is 32.6 Å². The van der Waals surface area contributed by atoms with Crippen molar-refractivity contribution in [2.24, 2.45) is 5.92 Å². The van der Waals surface area contributed by atoms with E-state index in [1.54, 1.807) is 13.8 Å². The van der Waals surface area contributed by atoms with Gasteiger partial charge in [-0.2, -0.15) is 0 Å². The van der Waals surface area contributed by atoms with Gasteiger partial charge in [-0.15, -0.1) is 0 Å². The maximum absolute atomic E-state index is 12.2. The summed E-state index contributed by atoms with van der Waals surface area (Å²) in [7, 11) is 0. The minimum atomic E-state index is -0.192. The molecule has 1 fully saturated rings. The predicted octanol–water partition coefficient (Wildman–Crippen LogP) is 1.30. The minimum Gasteiger partial charge on any atom is -0.342 e. The van der Waals surface area contributed by atoms with E-state index in [4.69, 9.17) is 0 Å². The lowest BCUT2D eigenvalue weighted by atomic mass is 10.00. The molecule has 0 amide bonds. The second-order valence-corrected chi connectivity index (χ2v) is 6.62. The highest BCUT2D eigenvalue weighted by atomic mass is 16.1. The molecule has 0 saturated carbocycles. The summed E-state index contributed by atoms with van der Waals surface area (Å²) in [6, 6.07) is 1.45. The van der Waals surface area contributed by atoms with Crippen LogP contribution < -0.4 is 16.0 Å². The Bertz CT molecular complexity index is 847. The number of hydrogen-bond donors (Lipinski definition) is 2. The average Bonchev–Trinajstić information content (AvgIpc) is 2.51. The van der Waals surface area contributed by atoms with Crippen molar-refractivity contribution < 1.29 is 0 Å². The van der Waals surface area contributed by atoms with E-state index in [1.807, 2.05) is 0 Å². The van der Waals surface area contributed by atoms with Crippen LogP contribution in [0.1, 0.15) is 42.5 Å². The smallest absolute Gasteiger partial charge is 0.254 e. The second kappa shape index (κ2) is 6.59. The van der Waals surface area contributed by atoms with E-state index < -0.39 is 0 Å². The molecule has 0 unspecified atom stereocenters. The zero-order valence-corrected chi connectivity index (χ0v) is 14.3. The number of rotatable bonds is 3. The molecule has 0 aromatic carbocycles. The first kappa shape index (κ1) is 16.4. The monoisotopic (exact) mass is 329 g/mol. The van der Waals surface area contributed by atoms with Gasteiger partial charge in [0.2, 0.25) is 5.95 Å². The summed E-state index contributed by atoms with van der Waals surface area (Å²) in [5, 5.41) is 0. The van der Waals surface area contributed by atoms with Crippen LogP contribution in [-0.2, 0) is 6.42 Å². The molecule has 0 bridgehead atoms. The van der Waals surface area contributed by atoms with Crippen molar-refractivity contribution >= 4 is 5.95 Å². The maximum Gasteiger partial charge on any atom is 0.254 e. The number of anilines is 1. The van der Waals surface area contributed by atoms with E-state index >= 15 is 0 Å². The van der Waals surface area contributed by atoms with Crippen molar-refractivity contribution in [3.63, 3.8) is 0 Å². The Balaban J connectivity index is 1.90. The molecular formula is C17H23N5O2. The van der Waals surface area contributed by atoms with Gasteiger partial charge >= 0.3 is 0 Å². The summed E-state index contributed by atoms with van der Waals surface area (Å²) < 4.78 is 0. The molecule has 7 nitrogen and oxygen atoms in total. The molecule has 1 saturated heterocycles. The number of hydrogen-bond acceptors (Lipinski definition) is 5. The van der Waals surface area contributed by atoms with Crippen LogP contribution in [0.2, 0.25) is 0 Å². The highest BCUT2D eigenvalue weighted by molar-refractivity contribution is 5.32. The molecule has 7 heteroatoms. The van der Waals surface area contributed by atoms with Crippen LogP contribution in [-0.4, -0.2) is 33.0 Å². The molecule has 0 aliphatic carbocycles. The molecule has 0 atom stereocenters. The number of H-pyrrole nitrogens is 2. The first-order chi connectivity index (χ1) is 11.4. The van der Waals surface area contributed by atoms with Crippen molar-refractivity contribution in [2.45, 2.75) is 40.0 Å². The fraction of sp³-hybridized carbons (Fsp3) is 0.529. The Kier molecular flexibility index (Phi) is 4.51. The van der Waals surface area contributed by atoms with Crippen LogP contribution >= 0.6 is 0 Å². The highest BCUT2D eigenvalue weighted by Gasteiger charge is 2.18. The number of nitrogens with zero attached hydrogens (tertiary/aromatic N) is 3. The Morgan fingerprint density at radius 3 is 2.54 bits per heavy atom. The lowest BCUT2D eigenvalue weighted by Crippen LogP contribution is -2.35. The quantitative estimate of drug-likeness (QED) is 0.885. The molecule has 128 valence electrons. The van der Waals surface area contributed by atoms with Gasteiger partial charge in [-0.25, -0.2) is 9.97 Å². The fourth-order valence-corrected chi connectivity index (χ4v) is 3.09. The van der Waals surface area contributed by atoms with Gasteiger partial charge in [0.05, 0.1) is 5.69 Å². The van der Waals surface area contributed by atoms with Gasteiger partial charge in [0.1, 0.15) is 5.82 Å². The maximum atomic E-state index is 12.2. The van der Waals surface area contributed by atoms with Crippen LogP contribution in [0.5, 0.6) is 0 Å². The number of aromatic nitrogens is 4. The third-order valence-corrected chi connectivity index (χ3v) is 4.56. The van der Waals surface area contributed by atoms with E-state index in [0.717, 1.165) is 25.9 Å². The van der Waals surface area contributed by atoms with Crippen LogP contribution in [0, 0.1) is 19.8 Å². The molecule has 1 aliphatic heterocycles. The molecule has 3 heterocycles. The molecule has 24 heavy (non-hydrogen) atoms. The van der Waals surface area contributed by atoms with Crippen molar-refractivity contribution in [3.8, 4) is 0 Å². The van der Waals surface area contributed by atoms with Crippen LogP contribution in [0.4, 0.5) is 5.95 Å². The van der Waals surface area contributed by atoms with Crippen molar-refractivity contribution in [2.75, 3.05) is 18.0 Å². The van der Waals surface area contributed by atoms with E-state index in [0.29, 0.717) is 41.1 Å².